The summed E-state index contributed by atoms with van der Waals surface area (Å²) in [6.45, 7) is 5.98. The van der Waals surface area contributed by atoms with Gasteiger partial charge in [-0.3, -0.25) is 4.79 Å². The molecule has 0 aliphatic carbocycles. The van der Waals surface area contributed by atoms with Gasteiger partial charge in [-0.1, -0.05) is 35.5 Å². The van der Waals surface area contributed by atoms with E-state index in [9.17, 15) is 4.79 Å². The van der Waals surface area contributed by atoms with Crippen LogP contribution >= 0.6 is 0 Å². The molecule has 0 atom stereocenters. The van der Waals surface area contributed by atoms with Gasteiger partial charge in [0.2, 0.25) is 5.88 Å². The van der Waals surface area contributed by atoms with Crippen molar-refractivity contribution >= 4 is 11.6 Å². The van der Waals surface area contributed by atoms with Gasteiger partial charge in [0.05, 0.1) is 5.69 Å². The van der Waals surface area contributed by atoms with E-state index in [4.69, 9.17) is 9.26 Å². The van der Waals surface area contributed by atoms with Crippen molar-refractivity contribution in [3.63, 3.8) is 0 Å². The van der Waals surface area contributed by atoms with E-state index in [2.05, 4.69) is 25.5 Å². The number of aryl methyl sites for hydroxylation is 1. The van der Waals surface area contributed by atoms with E-state index in [1.165, 1.54) is 6.33 Å². The van der Waals surface area contributed by atoms with Gasteiger partial charge in [-0.2, -0.15) is 5.10 Å². The van der Waals surface area contributed by atoms with Crippen LogP contribution in [0.25, 0.3) is 17.1 Å². The molecule has 0 radical (unpaired) electrons. The molecular weight excluding hydrogens is 444 g/mol. The Hall–Kier alpha value is -4.79. The monoisotopic (exact) mass is 466 g/mol. The van der Waals surface area contributed by atoms with Crippen LogP contribution in [0.15, 0.2) is 77.6 Å². The summed E-state index contributed by atoms with van der Waals surface area (Å²) < 4.78 is 13.0. The highest BCUT2D eigenvalue weighted by Gasteiger charge is 2.15. The quantitative estimate of drug-likeness (QED) is 0.362. The molecular formula is C26H22N6O3. The lowest BCUT2D eigenvalue weighted by Crippen LogP contribution is -2.12. The molecule has 1 amide bonds. The number of rotatable bonds is 6. The number of benzene rings is 2. The fraction of sp³-hybridized carbons (Fsp3) is 0.115. The highest BCUT2D eigenvalue weighted by atomic mass is 16.5. The van der Waals surface area contributed by atoms with Gasteiger partial charge in [0, 0.05) is 29.1 Å². The summed E-state index contributed by atoms with van der Waals surface area (Å²) in [4.78, 5) is 21.1. The molecule has 3 aromatic heterocycles. The van der Waals surface area contributed by atoms with Crippen LogP contribution < -0.4 is 10.1 Å². The minimum Gasteiger partial charge on any atom is -0.439 e. The maximum atomic E-state index is 12.6. The van der Waals surface area contributed by atoms with Crippen LogP contribution in [0.1, 0.15) is 27.4 Å². The van der Waals surface area contributed by atoms with E-state index in [-0.39, 0.29) is 11.6 Å². The molecule has 9 heteroatoms. The molecule has 0 unspecified atom stereocenters. The molecule has 35 heavy (non-hydrogen) atoms. The Morgan fingerprint density at radius 3 is 2.46 bits per heavy atom. The molecule has 3 heterocycles. The van der Waals surface area contributed by atoms with Gasteiger partial charge in [0.25, 0.3) is 5.91 Å². The summed E-state index contributed by atoms with van der Waals surface area (Å²) in [5, 5.41) is 11.2. The Bertz CT molecular complexity index is 1490. The van der Waals surface area contributed by atoms with Crippen molar-refractivity contribution in [3.8, 4) is 28.8 Å². The smallest absolute Gasteiger partial charge is 0.277 e. The summed E-state index contributed by atoms with van der Waals surface area (Å²) in [7, 11) is 0. The number of carbonyl (C=O) groups excluding carboxylic acids is 1. The van der Waals surface area contributed by atoms with E-state index in [0.29, 0.717) is 28.9 Å². The van der Waals surface area contributed by atoms with Crippen LogP contribution in [0.4, 0.5) is 5.69 Å². The Kier molecular flexibility index (Phi) is 5.80. The summed E-state index contributed by atoms with van der Waals surface area (Å²) in [6, 6.07) is 19.8. The minimum absolute atomic E-state index is 0.192. The Morgan fingerprint density at radius 2 is 1.74 bits per heavy atom. The zero-order valence-corrected chi connectivity index (χ0v) is 19.4. The van der Waals surface area contributed by atoms with Crippen molar-refractivity contribution in [2.45, 2.75) is 20.8 Å². The normalized spacial score (nSPS) is 10.8. The molecule has 9 nitrogen and oxygen atoms in total. The lowest BCUT2D eigenvalue weighted by atomic mass is 10.1. The van der Waals surface area contributed by atoms with E-state index < -0.39 is 0 Å². The number of ether oxygens (including phenoxy) is 1. The Labute approximate surface area is 201 Å². The number of aromatic nitrogens is 5. The standard InChI is InChI=1S/C26H22N6O3/c1-16-17(2)30-32(18(16)3)24-14-25(28-15-27-24)34-21-11-9-20(10-12-21)29-26(33)22-13-23(35-31-22)19-7-5-4-6-8-19/h4-15H,1-3H3,(H,29,33). The highest BCUT2D eigenvalue weighted by molar-refractivity contribution is 6.03. The molecule has 5 rings (SSSR count). The molecule has 0 saturated heterocycles. The van der Waals surface area contributed by atoms with Crippen LogP contribution in [0.2, 0.25) is 0 Å². The summed E-state index contributed by atoms with van der Waals surface area (Å²) in [5.41, 5.74) is 4.70. The molecule has 0 bridgehead atoms. The SMILES string of the molecule is Cc1nn(-c2cc(Oc3ccc(NC(=O)c4cc(-c5ccccc5)on4)cc3)ncn2)c(C)c1C. The van der Waals surface area contributed by atoms with Crippen LogP contribution in [0.3, 0.4) is 0 Å². The van der Waals surface area contributed by atoms with Crippen LogP contribution in [0, 0.1) is 20.8 Å². The average Bonchev–Trinajstić information content (AvgIpc) is 3.47. The number of hydrogen-bond acceptors (Lipinski definition) is 7. The third-order valence-electron chi connectivity index (χ3n) is 5.63. The molecule has 0 saturated carbocycles. The van der Waals surface area contributed by atoms with Crippen molar-refractivity contribution < 1.29 is 14.1 Å². The van der Waals surface area contributed by atoms with Gasteiger partial charge in [-0.05, 0) is 50.6 Å². The molecule has 0 spiro atoms. The van der Waals surface area contributed by atoms with Gasteiger partial charge in [-0.15, -0.1) is 0 Å². The van der Waals surface area contributed by atoms with Crippen LogP contribution in [-0.4, -0.2) is 30.8 Å². The molecule has 174 valence electrons. The lowest BCUT2D eigenvalue weighted by molar-refractivity contribution is 0.101. The number of carbonyl (C=O) groups is 1. The van der Waals surface area contributed by atoms with E-state index in [1.807, 2.05) is 51.1 Å². The second-order valence-electron chi connectivity index (χ2n) is 7.95. The van der Waals surface area contributed by atoms with Crippen LogP contribution in [-0.2, 0) is 0 Å². The van der Waals surface area contributed by atoms with Gasteiger partial charge in [0.1, 0.15) is 12.1 Å². The molecule has 0 fully saturated rings. The molecule has 0 aliphatic rings. The van der Waals surface area contributed by atoms with Gasteiger partial charge in [0.15, 0.2) is 17.3 Å². The number of nitrogens with one attached hydrogen (secondary N) is 1. The van der Waals surface area contributed by atoms with Gasteiger partial charge >= 0.3 is 0 Å². The first-order valence-electron chi connectivity index (χ1n) is 10.9. The zero-order valence-electron chi connectivity index (χ0n) is 19.4. The van der Waals surface area contributed by atoms with Crippen molar-refractivity contribution in [3.05, 3.63) is 95.7 Å². The van der Waals surface area contributed by atoms with Gasteiger partial charge in [-0.25, -0.2) is 14.6 Å². The zero-order chi connectivity index (χ0) is 24.4. The summed E-state index contributed by atoms with van der Waals surface area (Å²) in [5.74, 6) is 1.72. The highest BCUT2D eigenvalue weighted by Crippen LogP contribution is 2.24. The predicted molar refractivity (Wildman–Crippen MR) is 130 cm³/mol. The Morgan fingerprint density at radius 1 is 0.971 bits per heavy atom. The minimum atomic E-state index is -0.370. The van der Waals surface area contributed by atoms with Crippen molar-refractivity contribution in [1.82, 2.24) is 24.9 Å². The number of hydrogen-bond donors (Lipinski definition) is 1. The Balaban J connectivity index is 1.26. The summed E-state index contributed by atoms with van der Waals surface area (Å²) in [6.07, 6.45) is 1.44. The molecule has 2 aromatic carbocycles. The van der Waals surface area contributed by atoms with E-state index >= 15 is 0 Å². The third-order valence-corrected chi connectivity index (χ3v) is 5.63. The second-order valence-corrected chi connectivity index (χ2v) is 7.95. The van der Waals surface area contributed by atoms with Crippen LogP contribution in [0.5, 0.6) is 11.6 Å². The second kappa shape index (κ2) is 9.22. The number of anilines is 1. The maximum absolute atomic E-state index is 12.6. The molecule has 1 N–H and O–H groups in total. The average molecular weight is 467 g/mol. The summed E-state index contributed by atoms with van der Waals surface area (Å²) >= 11 is 0. The topological polar surface area (TPSA) is 108 Å². The third kappa shape index (κ3) is 4.65. The van der Waals surface area contributed by atoms with Crippen molar-refractivity contribution in [2.75, 3.05) is 5.32 Å². The largest absolute Gasteiger partial charge is 0.439 e. The number of amides is 1. The van der Waals surface area contributed by atoms with E-state index in [1.54, 1.807) is 41.1 Å². The molecule has 5 aromatic rings. The van der Waals surface area contributed by atoms with Crippen molar-refractivity contribution in [1.29, 1.82) is 0 Å². The van der Waals surface area contributed by atoms with Crippen molar-refractivity contribution in [2.24, 2.45) is 0 Å². The first kappa shape index (κ1) is 22.0. The van der Waals surface area contributed by atoms with Gasteiger partial charge < -0.3 is 14.6 Å². The first-order valence-corrected chi connectivity index (χ1v) is 10.9. The lowest BCUT2D eigenvalue weighted by Gasteiger charge is -2.08. The molecule has 0 aliphatic heterocycles. The number of nitrogens with zero attached hydrogens (tertiary/aromatic N) is 5. The maximum Gasteiger partial charge on any atom is 0.277 e. The fourth-order valence-corrected chi connectivity index (χ4v) is 3.49. The fourth-order valence-electron chi connectivity index (χ4n) is 3.49. The predicted octanol–water partition coefficient (Wildman–Crippen LogP) is 5.29. The van der Waals surface area contributed by atoms with E-state index in [0.717, 1.165) is 22.5 Å². The first-order chi connectivity index (χ1) is 17.0.